The summed E-state index contributed by atoms with van der Waals surface area (Å²) >= 11 is 0. The second-order valence-corrected chi connectivity index (χ2v) is 3.36. The van der Waals surface area contributed by atoms with E-state index in [1.807, 2.05) is 13.0 Å². The summed E-state index contributed by atoms with van der Waals surface area (Å²) in [4.78, 5) is 0. The predicted molar refractivity (Wildman–Crippen MR) is 58.7 cm³/mol. The van der Waals surface area contributed by atoms with E-state index in [0.29, 0.717) is 0 Å². The van der Waals surface area contributed by atoms with Gasteiger partial charge in [-0.3, -0.25) is 0 Å². The van der Waals surface area contributed by atoms with E-state index >= 15 is 0 Å². The minimum absolute atomic E-state index is 0.0799. The van der Waals surface area contributed by atoms with Gasteiger partial charge in [-0.2, -0.15) is 0 Å². The van der Waals surface area contributed by atoms with Crippen LogP contribution in [0.4, 0.5) is 0 Å². The fourth-order valence-corrected chi connectivity index (χ4v) is 1.22. The van der Waals surface area contributed by atoms with Crippen molar-refractivity contribution in [1.82, 2.24) is 0 Å². The summed E-state index contributed by atoms with van der Waals surface area (Å²) in [6.07, 6.45) is 12.4. The van der Waals surface area contributed by atoms with Gasteiger partial charge >= 0.3 is 0 Å². The summed E-state index contributed by atoms with van der Waals surface area (Å²) in [6.45, 7) is 5.63. The highest BCUT2D eigenvalue weighted by molar-refractivity contribution is 4.96. The Bertz CT molecular complexity index is 138. The molecule has 0 spiro atoms. The van der Waals surface area contributed by atoms with Crippen molar-refractivity contribution in [2.24, 2.45) is 0 Å². The van der Waals surface area contributed by atoms with E-state index in [9.17, 15) is 5.11 Å². The number of unbranched alkanes of at least 4 members (excludes halogenated alkanes) is 3. The van der Waals surface area contributed by atoms with E-state index in [1.54, 1.807) is 6.08 Å². The summed E-state index contributed by atoms with van der Waals surface area (Å²) in [7, 11) is 0. The molecule has 1 heteroatoms. The van der Waals surface area contributed by atoms with Gasteiger partial charge in [0.2, 0.25) is 0 Å². The van der Waals surface area contributed by atoms with Crippen molar-refractivity contribution in [2.45, 2.75) is 51.6 Å². The minimum Gasteiger partial charge on any atom is -0.393 e. The van der Waals surface area contributed by atoms with Gasteiger partial charge in [0, 0.05) is 0 Å². The molecule has 0 aromatic heterocycles. The van der Waals surface area contributed by atoms with Crippen LogP contribution in [0.2, 0.25) is 0 Å². The van der Waals surface area contributed by atoms with E-state index in [-0.39, 0.29) is 6.10 Å². The smallest absolute Gasteiger partial charge is 0.0537 e. The molecule has 0 saturated carbocycles. The lowest BCUT2D eigenvalue weighted by molar-refractivity contribution is 0.156. The Hall–Kier alpha value is -0.560. The fourth-order valence-electron chi connectivity index (χ4n) is 1.22. The van der Waals surface area contributed by atoms with Gasteiger partial charge in [-0.25, -0.2) is 0 Å². The van der Waals surface area contributed by atoms with Crippen LogP contribution < -0.4 is 0 Å². The van der Waals surface area contributed by atoms with E-state index in [1.165, 1.54) is 12.8 Å². The molecule has 1 atom stereocenters. The first-order valence-corrected chi connectivity index (χ1v) is 5.26. The number of hydrogen-bond acceptors (Lipinski definition) is 1. The monoisotopic (exact) mass is 182 g/mol. The molecule has 76 valence electrons. The summed E-state index contributed by atoms with van der Waals surface area (Å²) in [5.74, 6) is 0. The molecule has 1 unspecified atom stereocenters. The molecular weight excluding hydrogens is 160 g/mol. The van der Waals surface area contributed by atoms with E-state index < -0.39 is 0 Å². The Labute approximate surface area is 82.2 Å². The zero-order valence-electron chi connectivity index (χ0n) is 8.71. The van der Waals surface area contributed by atoms with Crippen LogP contribution in [0, 0.1) is 0 Å². The molecule has 0 fully saturated rings. The molecule has 1 N–H and O–H groups in total. The average molecular weight is 182 g/mol. The highest BCUT2D eigenvalue weighted by Crippen LogP contribution is 2.07. The Morgan fingerprint density at radius 1 is 1.31 bits per heavy atom. The van der Waals surface area contributed by atoms with Gasteiger partial charge in [0.25, 0.3) is 0 Å². The third kappa shape index (κ3) is 9.35. The number of aliphatic hydroxyl groups is 1. The highest BCUT2D eigenvalue weighted by Gasteiger charge is 1.98. The molecule has 0 saturated heterocycles. The number of aliphatic hydroxyl groups excluding tert-OH is 1. The second kappa shape index (κ2) is 9.53. The Kier molecular flexibility index (Phi) is 9.12. The van der Waals surface area contributed by atoms with Gasteiger partial charge in [0.15, 0.2) is 0 Å². The summed E-state index contributed by atoms with van der Waals surface area (Å²) in [5.41, 5.74) is 0. The Morgan fingerprint density at radius 2 is 2.08 bits per heavy atom. The first-order valence-electron chi connectivity index (χ1n) is 5.26. The highest BCUT2D eigenvalue weighted by atomic mass is 16.3. The molecule has 0 aromatic carbocycles. The van der Waals surface area contributed by atoms with Crippen LogP contribution >= 0.6 is 0 Å². The summed E-state index contributed by atoms with van der Waals surface area (Å²) < 4.78 is 0. The molecule has 0 radical (unpaired) electrons. The van der Waals surface area contributed by atoms with Crippen molar-refractivity contribution >= 4 is 0 Å². The largest absolute Gasteiger partial charge is 0.393 e. The summed E-state index contributed by atoms with van der Waals surface area (Å²) in [5, 5.41) is 9.27. The Balaban J connectivity index is 3.07. The van der Waals surface area contributed by atoms with Gasteiger partial charge in [-0.15, -0.1) is 0 Å². The van der Waals surface area contributed by atoms with E-state index in [0.717, 1.165) is 25.7 Å². The van der Waals surface area contributed by atoms with Crippen LogP contribution in [0.25, 0.3) is 0 Å². The predicted octanol–water partition coefficient (Wildman–Crippen LogP) is 3.45. The molecule has 0 heterocycles. The van der Waals surface area contributed by atoms with Crippen LogP contribution in [0.3, 0.4) is 0 Å². The summed E-state index contributed by atoms with van der Waals surface area (Å²) in [6, 6.07) is 0. The van der Waals surface area contributed by atoms with Crippen LogP contribution in [0.1, 0.15) is 45.4 Å². The number of rotatable bonds is 8. The second-order valence-electron chi connectivity index (χ2n) is 3.36. The third-order valence-electron chi connectivity index (χ3n) is 2.15. The number of allylic oxidation sites excluding steroid dienone is 3. The molecular formula is C12H22O. The van der Waals surface area contributed by atoms with Crippen molar-refractivity contribution in [1.29, 1.82) is 0 Å². The van der Waals surface area contributed by atoms with E-state index in [4.69, 9.17) is 0 Å². The van der Waals surface area contributed by atoms with Crippen molar-refractivity contribution in [2.75, 3.05) is 0 Å². The van der Waals surface area contributed by atoms with Crippen molar-refractivity contribution in [3.63, 3.8) is 0 Å². The maximum absolute atomic E-state index is 9.27. The molecule has 0 bridgehead atoms. The molecule has 0 aliphatic rings. The standard InChI is InChI=1S/C12H22O/c1-3-5-6-7-8-9-10-11-12(13)4-2/h3,5-6,12-13H,1,4,7-11H2,2H3/b6-5-. The number of hydrogen-bond donors (Lipinski definition) is 1. The van der Waals surface area contributed by atoms with Crippen molar-refractivity contribution < 1.29 is 5.11 Å². The normalized spacial score (nSPS) is 13.4. The molecule has 0 amide bonds. The zero-order valence-corrected chi connectivity index (χ0v) is 8.71. The third-order valence-corrected chi connectivity index (χ3v) is 2.15. The average Bonchev–Trinajstić information content (AvgIpc) is 2.16. The SMILES string of the molecule is C=C/C=C\CCCCCC(O)CC. The van der Waals surface area contributed by atoms with Crippen LogP contribution in [0.15, 0.2) is 24.8 Å². The van der Waals surface area contributed by atoms with Crippen molar-refractivity contribution in [3.05, 3.63) is 24.8 Å². The van der Waals surface area contributed by atoms with Crippen LogP contribution in [-0.4, -0.2) is 11.2 Å². The quantitative estimate of drug-likeness (QED) is 0.450. The Morgan fingerprint density at radius 3 is 2.69 bits per heavy atom. The lowest BCUT2D eigenvalue weighted by atomic mass is 10.1. The van der Waals surface area contributed by atoms with Gasteiger partial charge in [0.1, 0.15) is 0 Å². The fraction of sp³-hybridized carbons (Fsp3) is 0.667. The van der Waals surface area contributed by atoms with Crippen molar-refractivity contribution in [3.8, 4) is 0 Å². The van der Waals surface area contributed by atoms with Gasteiger partial charge < -0.3 is 5.11 Å². The van der Waals surface area contributed by atoms with Crippen LogP contribution in [-0.2, 0) is 0 Å². The molecule has 13 heavy (non-hydrogen) atoms. The lowest BCUT2D eigenvalue weighted by Crippen LogP contribution is -2.03. The molecule has 1 nitrogen and oxygen atoms in total. The molecule has 0 aromatic rings. The minimum atomic E-state index is -0.0799. The van der Waals surface area contributed by atoms with Crippen LogP contribution in [0.5, 0.6) is 0 Å². The lowest BCUT2D eigenvalue weighted by Gasteiger charge is -2.05. The zero-order chi connectivity index (χ0) is 9.94. The van der Waals surface area contributed by atoms with Gasteiger partial charge in [-0.1, -0.05) is 44.6 Å². The first kappa shape index (κ1) is 12.4. The maximum atomic E-state index is 9.27. The molecule has 0 aliphatic carbocycles. The van der Waals surface area contributed by atoms with E-state index in [2.05, 4.69) is 12.7 Å². The topological polar surface area (TPSA) is 20.2 Å². The maximum Gasteiger partial charge on any atom is 0.0537 e. The van der Waals surface area contributed by atoms with Gasteiger partial charge in [0.05, 0.1) is 6.10 Å². The molecule has 0 rings (SSSR count). The van der Waals surface area contributed by atoms with Gasteiger partial charge in [-0.05, 0) is 25.7 Å². The first-order chi connectivity index (χ1) is 6.31. The molecule has 0 aliphatic heterocycles.